The molecule has 1 unspecified atom stereocenters. The molecule has 0 bridgehead atoms. The summed E-state index contributed by atoms with van der Waals surface area (Å²) in [5.74, 6) is 0.740. The Morgan fingerprint density at radius 2 is 2.41 bits per heavy atom. The molecule has 92 valence electrons. The van der Waals surface area contributed by atoms with Crippen LogP contribution in [0.25, 0.3) is 5.65 Å². The van der Waals surface area contributed by atoms with Crippen molar-refractivity contribution in [2.24, 2.45) is 0 Å². The highest BCUT2D eigenvalue weighted by Gasteiger charge is 2.11. The van der Waals surface area contributed by atoms with E-state index in [2.05, 4.69) is 38.1 Å². The Morgan fingerprint density at radius 3 is 3.12 bits per heavy atom. The van der Waals surface area contributed by atoms with E-state index >= 15 is 0 Å². The van der Waals surface area contributed by atoms with Gasteiger partial charge in [0.2, 0.25) is 0 Å². The molecule has 0 amide bonds. The number of anilines is 1. The molecule has 0 fully saturated rings. The third kappa shape index (κ3) is 2.76. The first-order valence-electron chi connectivity index (χ1n) is 5.61. The average Bonchev–Trinajstić information content (AvgIpc) is 2.76. The second-order valence-corrected chi connectivity index (χ2v) is 4.64. The van der Waals surface area contributed by atoms with Gasteiger partial charge in [-0.25, -0.2) is 9.97 Å². The molecule has 0 saturated carbocycles. The minimum Gasteiger partial charge on any atom is -0.396 e. The van der Waals surface area contributed by atoms with Crippen molar-refractivity contribution < 1.29 is 5.11 Å². The molecular formula is C11H15BrN4O. The maximum Gasteiger partial charge on any atom is 0.180 e. The Hall–Kier alpha value is -1.14. The molecule has 2 heterocycles. The van der Waals surface area contributed by atoms with Crippen molar-refractivity contribution in [3.05, 3.63) is 23.2 Å². The fraction of sp³-hybridized carbons (Fsp3) is 0.455. The van der Waals surface area contributed by atoms with Crippen LogP contribution in [0, 0.1) is 0 Å². The number of rotatable bonds is 5. The van der Waals surface area contributed by atoms with Gasteiger partial charge in [-0.1, -0.05) is 6.92 Å². The number of aliphatic hydroxyl groups excluding tert-OH is 1. The summed E-state index contributed by atoms with van der Waals surface area (Å²) >= 11 is 3.37. The highest BCUT2D eigenvalue weighted by molar-refractivity contribution is 9.10. The highest BCUT2D eigenvalue weighted by Crippen LogP contribution is 2.18. The summed E-state index contributed by atoms with van der Waals surface area (Å²) in [6.07, 6.45) is 7.11. The smallest absolute Gasteiger partial charge is 0.180 e. The number of nitrogens with one attached hydrogen (secondary N) is 1. The number of aromatic nitrogens is 3. The zero-order chi connectivity index (χ0) is 12.3. The van der Waals surface area contributed by atoms with E-state index in [9.17, 15) is 0 Å². The normalized spacial score (nSPS) is 12.9. The molecule has 1 atom stereocenters. The number of halogens is 1. The summed E-state index contributed by atoms with van der Waals surface area (Å²) in [6.45, 7) is 2.25. The average molecular weight is 299 g/mol. The predicted octanol–water partition coefficient (Wildman–Crippen LogP) is 2.06. The molecule has 0 aromatic carbocycles. The Labute approximate surface area is 108 Å². The second-order valence-electron chi connectivity index (χ2n) is 3.83. The number of hydrogen-bond donors (Lipinski definition) is 2. The van der Waals surface area contributed by atoms with Gasteiger partial charge in [-0.3, -0.25) is 0 Å². The fourth-order valence-electron chi connectivity index (χ4n) is 1.73. The second kappa shape index (κ2) is 5.46. The first-order valence-corrected chi connectivity index (χ1v) is 6.40. The van der Waals surface area contributed by atoms with Gasteiger partial charge >= 0.3 is 0 Å². The van der Waals surface area contributed by atoms with Crippen molar-refractivity contribution in [2.45, 2.75) is 25.8 Å². The molecule has 17 heavy (non-hydrogen) atoms. The standard InChI is InChI=1S/C11H15BrN4O/c1-2-8(3-6-17)14-10-11-13-4-5-16(11)7-9(12)15-10/h4-5,7-8,17H,2-3,6H2,1H3,(H,14,15). The molecule has 0 aliphatic heterocycles. The summed E-state index contributed by atoms with van der Waals surface area (Å²) < 4.78 is 2.66. The zero-order valence-corrected chi connectivity index (χ0v) is 11.2. The van der Waals surface area contributed by atoms with Gasteiger partial charge in [0, 0.05) is 31.2 Å². The van der Waals surface area contributed by atoms with Crippen LogP contribution in [0.15, 0.2) is 23.2 Å². The first-order chi connectivity index (χ1) is 8.24. The van der Waals surface area contributed by atoms with Crippen LogP contribution in [0.1, 0.15) is 19.8 Å². The van der Waals surface area contributed by atoms with E-state index in [0.717, 1.165) is 22.5 Å². The molecule has 0 radical (unpaired) electrons. The lowest BCUT2D eigenvalue weighted by Gasteiger charge is -2.16. The maximum absolute atomic E-state index is 8.98. The lowest BCUT2D eigenvalue weighted by atomic mass is 10.1. The first kappa shape index (κ1) is 12.3. The number of hydrogen-bond acceptors (Lipinski definition) is 4. The van der Waals surface area contributed by atoms with Crippen LogP contribution in [-0.2, 0) is 0 Å². The van der Waals surface area contributed by atoms with Crippen molar-refractivity contribution in [1.82, 2.24) is 14.4 Å². The van der Waals surface area contributed by atoms with E-state index < -0.39 is 0 Å². The topological polar surface area (TPSA) is 62.5 Å². The fourth-order valence-corrected chi connectivity index (χ4v) is 2.12. The molecule has 5 nitrogen and oxygen atoms in total. The monoisotopic (exact) mass is 298 g/mol. The molecule has 2 N–H and O–H groups in total. The molecule has 2 aromatic rings. The van der Waals surface area contributed by atoms with Crippen LogP contribution in [0.3, 0.4) is 0 Å². The van der Waals surface area contributed by atoms with Crippen molar-refractivity contribution in [1.29, 1.82) is 0 Å². The Morgan fingerprint density at radius 1 is 1.59 bits per heavy atom. The van der Waals surface area contributed by atoms with Crippen molar-refractivity contribution in [2.75, 3.05) is 11.9 Å². The molecular weight excluding hydrogens is 284 g/mol. The SMILES string of the molecule is CCC(CCO)Nc1nc(Br)cn2ccnc12. The van der Waals surface area contributed by atoms with E-state index in [4.69, 9.17) is 5.11 Å². The van der Waals surface area contributed by atoms with Crippen LogP contribution >= 0.6 is 15.9 Å². The minimum atomic E-state index is 0.171. The summed E-state index contributed by atoms with van der Waals surface area (Å²) in [4.78, 5) is 8.65. The molecule has 0 aliphatic rings. The Bertz CT molecular complexity index is 499. The maximum atomic E-state index is 8.98. The lowest BCUT2D eigenvalue weighted by molar-refractivity contribution is 0.278. The molecule has 6 heteroatoms. The van der Waals surface area contributed by atoms with Crippen LogP contribution in [0.2, 0.25) is 0 Å². The van der Waals surface area contributed by atoms with Gasteiger partial charge in [0.1, 0.15) is 4.60 Å². The summed E-state index contributed by atoms with van der Waals surface area (Å²) in [7, 11) is 0. The van der Waals surface area contributed by atoms with E-state index in [0.29, 0.717) is 6.42 Å². The van der Waals surface area contributed by atoms with Gasteiger partial charge in [-0.2, -0.15) is 0 Å². The minimum absolute atomic E-state index is 0.171. The Kier molecular flexibility index (Phi) is 3.96. The third-order valence-electron chi connectivity index (χ3n) is 2.66. The van der Waals surface area contributed by atoms with Gasteiger partial charge in [-0.15, -0.1) is 0 Å². The van der Waals surface area contributed by atoms with E-state index in [1.807, 2.05) is 16.8 Å². The number of fused-ring (bicyclic) bond motifs is 1. The highest BCUT2D eigenvalue weighted by atomic mass is 79.9. The van der Waals surface area contributed by atoms with Gasteiger partial charge < -0.3 is 14.8 Å². The predicted molar refractivity (Wildman–Crippen MR) is 70.1 cm³/mol. The van der Waals surface area contributed by atoms with E-state index in [-0.39, 0.29) is 12.6 Å². The van der Waals surface area contributed by atoms with E-state index in [1.165, 1.54) is 0 Å². The number of nitrogens with zero attached hydrogens (tertiary/aromatic N) is 3. The van der Waals surface area contributed by atoms with E-state index in [1.54, 1.807) is 6.20 Å². The quantitative estimate of drug-likeness (QED) is 0.887. The molecule has 0 aliphatic carbocycles. The lowest BCUT2D eigenvalue weighted by Crippen LogP contribution is -2.21. The van der Waals surface area contributed by atoms with Crippen LogP contribution < -0.4 is 5.32 Å². The van der Waals surface area contributed by atoms with Gasteiger partial charge in [-0.05, 0) is 28.8 Å². The largest absolute Gasteiger partial charge is 0.396 e. The summed E-state index contributed by atoms with van der Waals surface area (Å²) in [5.41, 5.74) is 0.796. The van der Waals surface area contributed by atoms with Crippen molar-refractivity contribution in [3.63, 3.8) is 0 Å². The van der Waals surface area contributed by atoms with Crippen LogP contribution in [-0.4, -0.2) is 32.1 Å². The van der Waals surface area contributed by atoms with Gasteiger partial charge in [0.15, 0.2) is 11.5 Å². The van der Waals surface area contributed by atoms with Crippen molar-refractivity contribution >= 4 is 27.4 Å². The number of imidazole rings is 1. The van der Waals surface area contributed by atoms with Crippen LogP contribution in [0.5, 0.6) is 0 Å². The van der Waals surface area contributed by atoms with Crippen LogP contribution in [0.4, 0.5) is 5.82 Å². The molecule has 2 aromatic heterocycles. The third-order valence-corrected chi connectivity index (χ3v) is 3.04. The van der Waals surface area contributed by atoms with Gasteiger partial charge in [0.25, 0.3) is 0 Å². The van der Waals surface area contributed by atoms with Gasteiger partial charge in [0.05, 0.1) is 0 Å². The Balaban J connectivity index is 2.30. The van der Waals surface area contributed by atoms with Crippen molar-refractivity contribution in [3.8, 4) is 0 Å². The molecule has 0 spiro atoms. The zero-order valence-electron chi connectivity index (χ0n) is 9.60. The molecule has 0 saturated heterocycles. The summed E-state index contributed by atoms with van der Waals surface area (Å²) in [5, 5.41) is 12.3. The summed E-state index contributed by atoms with van der Waals surface area (Å²) in [6, 6.07) is 0.210. The number of aliphatic hydroxyl groups is 1. The molecule has 2 rings (SSSR count).